The van der Waals surface area contributed by atoms with Gasteiger partial charge in [-0.05, 0) is 73.5 Å². The summed E-state index contributed by atoms with van der Waals surface area (Å²) in [7, 11) is 0. The Morgan fingerprint density at radius 3 is 1.78 bits per heavy atom. The minimum atomic E-state index is 0.514. The first kappa shape index (κ1) is 26.4. The molecule has 222 valence electrons. The van der Waals surface area contributed by atoms with Gasteiger partial charge in [0.1, 0.15) is 22.1 Å². The highest BCUT2D eigenvalue weighted by atomic mass is 16.4. The van der Waals surface area contributed by atoms with E-state index >= 15 is 0 Å². The Bertz CT molecular complexity index is 2620. The van der Waals surface area contributed by atoms with Gasteiger partial charge in [-0.15, -0.1) is 0 Å². The van der Waals surface area contributed by atoms with Crippen molar-refractivity contribution in [1.29, 1.82) is 0 Å². The molecule has 8 nitrogen and oxygen atoms in total. The van der Waals surface area contributed by atoms with Crippen molar-refractivity contribution in [1.82, 2.24) is 19.9 Å². The van der Waals surface area contributed by atoms with E-state index in [9.17, 15) is 0 Å². The van der Waals surface area contributed by atoms with Gasteiger partial charge in [0.2, 0.25) is 11.8 Å². The van der Waals surface area contributed by atoms with Crippen molar-refractivity contribution in [3.8, 4) is 45.2 Å². The van der Waals surface area contributed by atoms with Crippen LogP contribution in [0, 0.1) is 27.7 Å². The first-order chi connectivity index (χ1) is 22.4. The lowest BCUT2D eigenvalue weighted by molar-refractivity contribution is 0.560. The smallest absolute Gasteiger partial charge is 0.227 e. The van der Waals surface area contributed by atoms with Gasteiger partial charge in [-0.3, -0.25) is 0 Å². The third kappa shape index (κ3) is 4.22. The standard InChI is InChI=1S/C38H26N4O4/c1-19-5-9-23(10-6-19)37-41-29-18-32-35(40-22(4)44-32)33(36(29)46-37)27-15-26(25-13-14-28-30(16-25)43-21(3)39-28)17-31-34(27)42-38(45-31)24-11-7-20(2)8-12-24/h5-18H,1-4H3. The lowest BCUT2D eigenvalue weighted by atomic mass is 9.96. The lowest BCUT2D eigenvalue weighted by Crippen LogP contribution is -1.88. The summed E-state index contributed by atoms with van der Waals surface area (Å²) in [4.78, 5) is 19.3. The van der Waals surface area contributed by atoms with E-state index in [0.29, 0.717) is 62.4 Å². The van der Waals surface area contributed by atoms with Crippen molar-refractivity contribution in [2.24, 2.45) is 0 Å². The van der Waals surface area contributed by atoms with Crippen LogP contribution in [0.3, 0.4) is 0 Å². The molecule has 46 heavy (non-hydrogen) atoms. The van der Waals surface area contributed by atoms with Crippen LogP contribution >= 0.6 is 0 Å². The molecule has 0 saturated carbocycles. The molecule has 0 atom stereocenters. The van der Waals surface area contributed by atoms with E-state index in [2.05, 4.69) is 37.0 Å². The van der Waals surface area contributed by atoms with Gasteiger partial charge in [-0.25, -0.2) is 19.9 Å². The third-order valence-corrected chi connectivity index (χ3v) is 8.34. The fraction of sp³-hybridized carbons (Fsp3) is 0.105. The molecule has 0 saturated heterocycles. The van der Waals surface area contributed by atoms with Crippen LogP contribution in [0.25, 0.3) is 89.6 Å². The SMILES string of the molecule is Cc1ccc(-c2nc3c(-c4c5nc(C)oc5cc5nc(-c6ccc(C)cc6)oc45)cc(-c4ccc5nc(C)oc5c4)cc3o2)cc1. The molecular formula is C38H26N4O4. The largest absolute Gasteiger partial charge is 0.441 e. The third-order valence-electron chi connectivity index (χ3n) is 8.34. The maximum Gasteiger partial charge on any atom is 0.227 e. The van der Waals surface area contributed by atoms with Crippen LogP contribution < -0.4 is 0 Å². The second-order valence-corrected chi connectivity index (χ2v) is 11.7. The Morgan fingerprint density at radius 1 is 0.435 bits per heavy atom. The van der Waals surface area contributed by atoms with Crippen LogP contribution in [0.5, 0.6) is 0 Å². The quantitative estimate of drug-likeness (QED) is 0.196. The number of nitrogens with zero attached hydrogens (tertiary/aromatic N) is 4. The summed E-state index contributed by atoms with van der Waals surface area (Å²) in [5.41, 5.74) is 12.8. The Balaban J connectivity index is 1.35. The Labute approximate surface area is 262 Å². The maximum absolute atomic E-state index is 6.58. The first-order valence-electron chi connectivity index (χ1n) is 15.0. The molecular weight excluding hydrogens is 576 g/mol. The van der Waals surface area contributed by atoms with Crippen LogP contribution in [0.15, 0.2) is 103 Å². The number of fused-ring (bicyclic) bond motifs is 4. The molecule has 0 aliphatic rings. The van der Waals surface area contributed by atoms with Crippen LogP contribution in [0.4, 0.5) is 0 Å². The van der Waals surface area contributed by atoms with Crippen LogP contribution in [-0.4, -0.2) is 19.9 Å². The van der Waals surface area contributed by atoms with E-state index in [-0.39, 0.29) is 0 Å². The number of rotatable bonds is 4. The highest BCUT2D eigenvalue weighted by Crippen LogP contribution is 2.44. The Kier molecular flexibility index (Phi) is 5.59. The van der Waals surface area contributed by atoms with Crippen molar-refractivity contribution in [3.05, 3.63) is 108 Å². The molecule has 4 heterocycles. The minimum Gasteiger partial charge on any atom is -0.441 e. The summed E-state index contributed by atoms with van der Waals surface area (Å²) in [5.74, 6) is 2.19. The van der Waals surface area contributed by atoms with Gasteiger partial charge in [0.25, 0.3) is 0 Å². The van der Waals surface area contributed by atoms with Gasteiger partial charge in [-0.1, -0.05) is 41.5 Å². The van der Waals surface area contributed by atoms with Gasteiger partial charge in [0.05, 0.1) is 5.56 Å². The highest BCUT2D eigenvalue weighted by molar-refractivity contribution is 6.12. The Morgan fingerprint density at radius 2 is 1.04 bits per heavy atom. The molecule has 0 radical (unpaired) electrons. The monoisotopic (exact) mass is 602 g/mol. The number of hydrogen-bond donors (Lipinski definition) is 0. The number of benzene rings is 5. The summed E-state index contributed by atoms with van der Waals surface area (Å²) in [6.45, 7) is 7.79. The fourth-order valence-corrected chi connectivity index (χ4v) is 6.06. The summed E-state index contributed by atoms with van der Waals surface area (Å²) >= 11 is 0. The summed E-state index contributed by atoms with van der Waals surface area (Å²) in [5, 5.41) is 0. The van der Waals surface area contributed by atoms with Crippen molar-refractivity contribution < 1.29 is 17.7 Å². The number of oxazole rings is 4. The molecule has 0 aliphatic carbocycles. The predicted molar refractivity (Wildman–Crippen MR) is 177 cm³/mol. The summed E-state index contributed by atoms with van der Waals surface area (Å²) in [6.07, 6.45) is 0. The van der Waals surface area contributed by atoms with Crippen molar-refractivity contribution in [3.63, 3.8) is 0 Å². The average molecular weight is 603 g/mol. The molecule has 0 amide bonds. The van der Waals surface area contributed by atoms with Crippen LogP contribution in [0.2, 0.25) is 0 Å². The molecule has 0 bridgehead atoms. The molecule has 9 aromatic rings. The first-order valence-corrected chi connectivity index (χ1v) is 15.0. The van der Waals surface area contributed by atoms with Crippen molar-refractivity contribution in [2.45, 2.75) is 27.7 Å². The van der Waals surface area contributed by atoms with E-state index in [0.717, 1.165) is 50.0 Å². The van der Waals surface area contributed by atoms with E-state index in [1.54, 1.807) is 0 Å². The number of aromatic nitrogens is 4. The summed E-state index contributed by atoms with van der Waals surface area (Å²) in [6, 6.07) is 28.2. The molecule has 0 aliphatic heterocycles. The molecule has 0 N–H and O–H groups in total. The zero-order valence-electron chi connectivity index (χ0n) is 25.5. The van der Waals surface area contributed by atoms with E-state index < -0.39 is 0 Å². The number of aryl methyl sites for hydroxylation is 4. The van der Waals surface area contributed by atoms with Gasteiger partial charge >= 0.3 is 0 Å². The van der Waals surface area contributed by atoms with Gasteiger partial charge in [-0.2, -0.15) is 0 Å². The topological polar surface area (TPSA) is 104 Å². The molecule has 5 aromatic carbocycles. The highest BCUT2D eigenvalue weighted by Gasteiger charge is 2.25. The molecule has 8 heteroatoms. The van der Waals surface area contributed by atoms with Gasteiger partial charge in [0.15, 0.2) is 34.1 Å². The Hall–Kier alpha value is -6.02. The van der Waals surface area contributed by atoms with E-state index in [1.165, 1.54) is 0 Å². The van der Waals surface area contributed by atoms with Crippen LogP contribution in [0.1, 0.15) is 22.9 Å². The van der Waals surface area contributed by atoms with Crippen LogP contribution in [-0.2, 0) is 0 Å². The lowest BCUT2D eigenvalue weighted by Gasteiger charge is -2.08. The minimum absolute atomic E-state index is 0.514. The predicted octanol–water partition coefficient (Wildman–Crippen LogP) is 10.2. The van der Waals surface area contributed by atoms with Gasteiger partial charge in [0, 0.05) is 36.6 Å². The molecule has 9 rings (SSSR count). The second-order valence-electron chi connectivity index (χ2n) is 11.7. The maximum atomic E-state index is 6.58. The zero-order valence-corrected chi connectivity index (χ0v) is 25.5. The molecule has 0 unspecified atom stereocenters. The summed E-state index contributed by atoms with van der Waals surface area (Å²) < 4.78 is 25.0. The van der Waals surface area contributed by atoms with Gasteiger partial charge < -0.3 is 17.7 Å². The zero-order chi connectivity index (χ0) is 31.1. The fourth-order valence-electron chi connectivity index (χ4n) is 6.06. The van der Waals surface area contributed by atoms with E-state index in [1.807, 2.05) is 80.6 Å². The molecule has 0 fully saturated rings. The normalized spacial score (nSPS) is 11.9. The number of hydrogen-bond acceptors (Lipinski definition) is 8. The van der Waals surface area contributed by atoms with E-state index in [4.69, 9.17) is 32.6 Å². The van der Waals surface area contributed by atoms with Crippen molar-refractivity contribution >= 4 is 44.4 Å². The second kappa shape index (κ2) is 9.74. The molecule has 0 spiro atoms. The molecule has 4 aromatic heterocycles. The van der Waals surface area contributed by atoms with Crippen molar-refractivity contribution in [2.75, 3.05) is 0 Å². The average Bonchev–Trinajstić information content (AvgIpc) is 3.83.